The molecule has 3 aromatic rings. The second kappa shape index (κ2) is 7.50. The van der Waals surface area contributed by atoms with E-state index in [4.69, 9.17) is 4.74 Å². The Morgan fingerprint density at radius 1 is 1.07 bits per heavy atom. The zero-order valence-electron chi connectivity index (χ0n) is 15.2. The molecule has 1 N–H and O–H groups in total. The molecule has 27 heavy (non-hydrogen) atoms. The van der Waals surface area contributed by atoms with Crippen molar-refractivity contribution in [3.05, 3.63) is 83.7 Å². The molecule has 1 aromatic heterocycles. The van der Waals surface area contributed by atoms with Gasteiger partial charge >= 0.3 is 0 Å². The molecule has 0 bridgehead atoms. The maximum atomic E-state index is 12.7. The quantitative estimate of drug-likeness (QED) is 0.767. The normalized spacial score (nSPS) is 13.0. The van der Waals surface area contributed by atoms with E-state index in [0.29, 0.717) is 17.1 Å². The number of amides is 1. The highest BCUT2D eigenvalue weighted by Crippen LogP contribution is 2.26. The minimum absolute atomic E-state index is 0.251. The molecule has 0 fully saturated rings. The Bertz CT molecular complexity index is 971. The number of methoxy groups -OCH3 is 1. The van der Waals surface area contributed by atoms with Crippen molar-refractivity contribution in [2.75, 3.05) is 23.9 Å². The third-order valence-corrected chi connectivity index (χ3v) is 4.83. The molecule has 4 rings (SSSR count). The van der Waals surface area contributed by atoms with E-state index in [1.54, 1.807) is 13.3 Å². The number of carbonyl (C=O) groups excluding carboxylic acids is 1. The van der Waals surface area contributed by atoms with Crippen molar-refractivity contribution in [3.63, 3.8) is 0 Å². The number of nitrogens with one attached hydrogen (secondary N) is 1. The molecule has 0 spiro atoms. The number of ether oxygens (including phenoxy) is 1. The Hall–Kier alpha value is -3.34. The largest absolute Gasteiger partial charge is 0.495 e. The zero-order valence-corrected chi connectivity index (χ0v) is 15.2. The Labute approximate surface area is 158 Å². The number of carbonyl (C=O) groups is 1. The van der Waals surface area contributed by atoms with Crippen LogP contribution in [-0.2, 0) is 13.0 Å². The van der Waals surface area contributed by atoms with Gasteiger partial charge in [-0.1, -0.05) is 36.4 Å². The minimum Gasteiger partial charge on any atom is -0.495 e. The lowest BCUT2D eigenvalue weighted by Gasteiger charge is -2.30. The van der Waals surface area contributed by atoms with Crippen LogP contribution in [0.2, 0.25) is 0 Å². The van der Waals surface area contributed by atoms with Crippen LogP contribution >= 0.6 is 0 Å². The SMILES string of the molecule is COc1ccccc1NC(=O)c1cc(N2CCc3ccccc3C2)ccn1. The molecular weight excluding hydrogens is 338 g/mol. The van der Waals surface area contributed by atoms with Crippen LogP contribution in [0.5, 0.6) is 5.75 Å². The third-order valence-electron chi connectivity index (χ3n) is 4.83. The van der Waals surface area contributed by atoms with Gasteiger partial charge in [0.05, 0.1) is 12.8 Å². The minimum atomic E-state index is -0.251. The van der Waals surface area contributed by atoms with Gasteiger partial charge in [0.2, 0.25) is 0 Å². The molecule has 0 aliphatic carbocycles. The summed E-state index contributed by atoms with van der Waals surface area (Å²) in [6.45, 7) is 1.77. The molecular formula is C22H21N3O2. The smallest absolute Gasteiger partial charge is 0.274 e. The number of aromatic nitrogens is 1. The maximum absolute atomic E-state index is 12.7. The van der Waals surface area contributed by atoms with Gasteiger partial charge in [0.15, 0.2) is 0 Å². The fourth-order valence-corrected chi connectivity index (χ4v) is 3.39. The molecule has 0 atom stereocenters. The van der Waals surface area contributed by atoms with Crippen LogP contribution in [-0.4, -0.2) is 24.5 Å². The molecule has 5 heteroatoms. The first-order valence-electron chi connectivity index (χ1n) is 8.97. The fourth-order valence-electron chi connectivity index (χ4n) is 3.39. The van der Waals surface area contributed by atoms with Crippen molar-refractivity contribution in [2.45, 2.75) is 13.0 Å². The molecule has 5 nitrogen and oxygen atoms in total. The summed E-state index contributed by atoms with van der Waals surface area (Å²) >= 11 is 0. The summed E-state index contributed by atoms with van der Waals surface area (Å²) in [6, 6.07) is 19.6. The summed E-state index contributed by atoms with van der Waals surface area (Å²) in [5.74, 6) is 0.369. The number of anilines is 2. The Balaban J connectivity index is 1.53. The molecule has 2 aromatic carbocycles. The first-order valence-corrected chi connectivity index (χ1v) is 8.97. The van der Waals surface area contributed by atoms with Crippen molar-refractivity contribution >= 4 is 17.3 Å². The predicted molar refractivity (Wildman–Crippen MR) is 106 cm³/mol. The van der Waals surface area contributed by atoms with Gasteiger partial charge < -0.3 is 15.0 Å². The van der Waals surface area contributed by atoms with Crippen LogP contribution in [0.25, 0.3) is 0 Å². The van der Waals surface area contributed by atoms with E-state index < -0.39 is 0 Å². The summed E-state index contributed by atoms with van der Waals surface area (Å²) in [5, 5.41) is 2.88. The molecule has 1 aliphatic rings. The average molecular weight is 359 g/mol. The molecule has 136 valence electrons. The topological polar surface area (TPSA) is 54.5 Å². The summed E-state index contributed by atoms with van der Waals surface area (Å²) in [5.41, 5.74) is 4.75. The van der Waals surface area contributed by atoms with E-state index in [1.165, 1.54) is 11.1 Å². The standard InChI is InChI=1S/C22H21N3O2/c1-27-21-9-5-4-8-19(21)24-22(26)20-14-18(10-12-23-20)25-13-11-16-6-2-3-7-17(16)15-25/h2-10,12,14H,11,13,15H2,1H3,(H,24,26). The van der Waals surface area contributed by atoms with Gasteiger partial charge in [0.1, 0.15) is 11.4 Å². The van der Waals surface area contributed by atoms with Gasteiger partial charge in [0.25, 0.3) is 5.91 Å². The van der Waals surface area contributed by atoms with Gasteiger partial charge in [0, 0.05) is 25.0 Å². The van der Waals surface area contributed by atoms with Crippen LogP contribution in [0.15, 0.2) is 66.9 Å². The Morgan fingerprint density at radius 3 is 2.70 bits per heavy atom. The summed E-state index contributed by atoms with van der Waals surface area (Å²) < 4.78 is 5.29. The van der Waals surface area contributed by atoms with Gasteiger partial charge in [-0.3, -0.25) is 9.78 Å². The van der Waals surface area contributed by atoms with Gasteiger partial charge in [-0.2, -0.15) is 0 Å². The van der Waals surface area contributed by atoms with Crippen LogP contribution < -0.4 is 15.0 Å². The van der Waals surface area contributed by atoms with E-state index in [2.05, 4.69) is 39.5 Å². The van der Waals surface area contributed by atoms with Gasteiger partial charge in [-0.05, 0) is 41.8 Å². The fraction of sp³-hybridized carbons (Fsp3) is 0.182. The van der Waals surface area contributed by atoms with Crippen LogP contribution in [0.4, 0.5) is 11.4 Å². The number of hydrogen-bond acceptors (Lipinski definition) is 4. The summed E-state index contributed by atoms with van der Waals surface area (Å²) in [6.07, 6.45) is 2.69. The molecule has 0 saturated carbocycles. The number of fused-ring (bicyclic) bond motifs is 1. The second-order valence-electron chi connectivity index (χ2n) is 6.49. The lowest BCUT2D eigenvalue weighted by atomic mass is 9.99. The number of para-hydroxylation sites is 2. The Kier molecular flexibility index (Phi) is 4.75. The van der Waals surface area contributed by atoms with E-state index in [1.807, 2.05) is 36.4 Å². The molecule has 2 heterocycles. The van der Waals surface area contributed by atoms with E-state index in [0.717, 1.165) is 25.2 Å². The second-order valence-corrected chi connectivity index (χ2v) is 6.49. The third kappa shape index (κ3) is 3.62. The molecule has 1 amide bonds. The average Bonchev–Trinajstić information content (AvgIpc) is 2.74. The lowest BCUT2D eigenvalue weighted by molar-refractivity contribution is 0.102. The van der Waals surface area contributed by atoms with Gasteiger partial charge in [-0.15, -0.1) is 0 Å². The Morgan fingerprint density at radius 2 is 1.85 bits per heavy atom. The van der Waals surface area contributed by atoms with Crippen LogP contribution in [0.3, 0.4) is 0 Å². The molecule has 0 unspecified atom stereocenters. The summed E-state index contributed by atoms with van der Waals surface area (Å²) in [4.78, 5) is 19.2. The maximum Gasteiger partial charge on any atom is 0.274 e. The van der Waals surface area contributed by atoms with Gasteiger partial charge in [-0.25, -0.2) is 0 Å². The van der Waals surface area contributed by atoms with E-state index in [-0.39, 0.29) is 5.91 Å². The number of rotatable bonds is 4. The molecule has 1 aliphatic heterocycles. The van der Waals surface area contributed by atoms with E-state index in [9.17, 15) is 4.79 Å². The van der Waals surface area contributed by atoms with Crippen molar-refractivity contribution < 1.29 is 9.53 Å². The van der Waals surface area contributed by atoms with E-state index >= 15 is 0 Å². The number of pyridine rings is 1. The van der Waals surface area contributed by atoms with Crippen LogP contribution in [0.1, 0.15) is 21.6 Å². The highest BCUT2D eigenvalue weighted by atomic mass is 16.5. The van der Waals surface area contributed by atoms with Crippen molar-refractivity contribution in [2.24, 2.45) is 0 Å². The van der Waals surface area contributed by atoms with Crippen molar-refractivity contribution in [3.8, 4) is 5.75 Å². The monoisotopic (exact) mass is 359 g/mol. The lowest BCUT2D eigenvalue weighted by Crippen LogP contribution is -2.30. The number of hydrogen-bond donors (Lipinski definition) is 1. The number of nitrogens with zero attached hydrogens (tertiary/aromatic N) is 2. The number of benzene rings is 2. The first kappa shape index (κ1) is 17.1. The molecule has 0 radical (unpaired) electrons. The molecule has 0 saturated heterocycles. The van der Waals surface area contributed by atoms with Crippen LogP contribution in [0, 0.1) is 0 Å². The zero-order chi connectivity index (χ0) is 18.6. The highest BCUT2D eigenvalue weighted by molar-refractivity contribution is 6.04. The highest BCUT2D eigenvalue weighted by Gasteiger charge is 2.18. The predicted octanol–water partition coefficient (Wildman–Crippen LogP) is 3.91. The van der Waals surface area contributed by atoms with Crippen molar-refractivity contribution in [1.29, 1.82) is 0 Å². The first-order chi connectivity index (χ1) is 13.2. The van der Waals surface area contributed by atoms with Crippen molar-refractivity contribution in [1.82, 2.24) is 4.98 Å². The summed E-state index contributed by atoms with van der Waals surface area (Å²) in [7, 11) is 1.58.